The normalized spacial score (nSPS) is 10.6. The van der Waals surface area contributed by atoms with Crippen molar-refractivity contribution in [2.45, 2.75) is 32.1 Å². The third-order valence-electron chi connectivity index (χ3n) is 4.03. The van der Waals surface area contributed by atoms with Gasteiger partial charge in [-0.05, 0) is 19.9 Å². The molecule has 162 valence electrons. The van der Waals surface area contributed by atoms with E-state index in [0.29, 0.717) is 22.7 Å². The number of benzene rings is 1. The fraction of sp³-hybridized carbons (Fsp3) is 0.278. The van der Waals surface area contributed by atoms with E-state index < -0.39 is 10.8 Å². The van der Waals surface area contributed by atoms with Gasteiger partial charge in [-0.3, -0.25) is 19.7 Å². The van der Waals surface area contributed by atoms with Gasteiger partial charge >= 0.3 is 0 Å². The fourth-order valence-corrected chi connectivity index (χ4v) is 4.12. The van der Waals surface area contributed by atoms with Crippen molar-refractivity contribution < 1.29 is 14.5 Å². The van der Waals surface area contributed by atoms with Crippen LogP contribution in [0.15, 0.2) is 34.8 Å². The number of nitro benzene ring substituents is 1. The zero-order chi connectivity index (χ0) is 22.4. The van der Waals surface area contributed by atoms with Crippen molar-refractivity contribution >= 4 is 45.7 Å². The summed E-state index contributed by atoms with van der Waals surface area (Å²) in [5.41, 5.74) is 0.866. The maximum Gasteiger partial charge on any atom is 0.270 e. The number of aromatic nitrogens is 4. The number of carbonyl (C=O) groups excluding carboxylic acids is 2. The highest BCUT2D eigenvalue weighted by Crippen LogP contribution is 2.19. The van der Waals surface area contributed by atoms with Crippen LogP contribution >= 0.6 is 23.1 Å². The molecule has 0 saturated carbocycles. The molecule has 13 heteroatoms. The molecule has 3 rings (SSSR count). The van der Waals surface area contributed by atoms with Crippen molar-refractivity contribution in [2.24, 2.45) is 0 Å². The Labute approximate surface area is 185 Å². The molecule has 0 spiro atoms. The number of hydrogen-bond donors (Lipinski definition) is 2. The minimum Gasteiger partial charge on any atom is -0.345 e. The van der Waals surface area contributed by atoms with Gasteiger partial charge in [0, 0.05) is 29.6 Å². The number of carbonyl (C=O) groups is 2. The number of thiazole rings is 1. The Morgan fingerprint density at radius 3 is 2.81 bits per heavy atom. The van der Waals surface area contributed by atoms with Crippen LogP contribution in [0, 0.1) is 17.0 Å². The molecule has 0 aliphatic heterocycles. The predicted molar refractivity (Wildman–Crippen MR) is 116 cm³/mol. The number of aryl methyl sites for hydroxylation is 1. The van der Waals surface area contributed by atoms with Crippen LogP contribution in [0.2, 0.25) is 0 Å². The number of hydrogen-bond acceptors (Lipinski definition) is 9. The number of nitro groups is 1. The van der Waals surface area contributed by atoms with Gasteiger partial charge in [0.1, 0.15) is 0 Å². The smallest absolute Gasteiger partial charge is 0.270 e. The van der Waals surface area contributed by atoms with E-state index in [1.54, 1.807) is 4.57 Å². The minimum atomic E-state index is -0.556. The molecule has 0 bridgehead atoms. The molecular weight excluding hydrogens is 442 g/mol. The van der Waals surface area contributed by atoms with Gasteiger partial charge in [0.2, 0.25) is 5.91 Å². The zero-order valence-electron chi connectivity index (χ0n) is 16.7. The second-order valence-electron chi connectivity index (χ2n) is 6.26. The Bertz CT molecular complexity index is 1110. The zero-order valence-corrected chi connectivity index (χ0v) is 18.3. The van der Waals surface area contributed by atoms with E-state index in [-0.39, 0.29) is 29.5 Å². The Hall–Kier alpha value is -3.32. The van der Waals surface area contributed by atoms with Crippen LogP contribution in [0.5, 0.6) is 0 Å². The van der Waals surface area contributed by atoms with Crippen molar-refractivity contribution in [1.82, 2.24) is 25.1 Å². The fourth-order valence-electron chi connectivity index (χ4n) is 2.59. The molecular formula is C18H19N7O4S2. The van der Waals surface area contributed by atoms with Gasteiger partial charge in [-0.1, -0.05) is 17.8 Å². The quantitative estimate of drug-likeness (QED) is 0.281. The summed E-state index contributed by atoms with van der Waals surface area (Å²) in [6.45, 7) is 4.39. The van der Waals surface area contributed by atoms with E-state index >= 15 is 0 Å². The largest absolute Gasteiger partial charge is 0.345 e. The lowest BCUT2D eigenvalue weighted by Crippen LogP contribution is -2.25. The second kappa shape index (κ2) is 10.1. The number of amides is 2. The minimum absolute atomic E-state index is 0.0908. The van der Waals surface area contributed by atoms with Crippen LogP contribution in [0.1, 0.15) is 28.8 Å². The number of non-ortho nitro benzene ring substituents is 1. The first-order chi connectivity index (χ1) is 14.9. The Balaban J connectivity index is 1.58. The summed E-state index contributed by atoms with van der Waals surface area (Å²) < 4.78 is 1.79. The van der Waals surface area contributed by atoms with Crippen molar-refractivity contribution in [1.29, 1.82) is 0 Å². The third kappa shape index (κ3) is 5.86. The van der Waals surface area contributed by atoms with Crippen LogP contribution in [-0.4, -0.2) is 42.2 Å². The van der Waals surface area contributed by atoms with Gasteiger partial charge in [-0.25, -0.2) is 4.98 Å². The first-order valence-electron chi connectivity index (χ1n) is 9.17. The number of nitrogens with one attached hydrogen (secondary N) is 2. The van der Waals surface area contributed by atoms with Crippen LogP contribution in [0.3, 0.4) is 0 Å². The molecule has 0 saturated heterocycles. The van der Waals surface area contributed by atoms with Crippen LogP contribution in [-0.2, 0) is 17.9 Å². The topological polar surface area (TPSA) is 145 Å². The maximum absolute atomic E-state index is 12.3. The van der Waals surface area contributed by atoms with E-state index in [1.807, 2.05) is 19.2 Å². The highest BCUT2D eigenvalue weighted by molar-refractivity contribution is 7.99. The van der Waals surface area contributed by atoms with E-state index in [1.165, 1.54) is 47.4 Å². The average Bonchev–Trinajstić information content (AvgIpc) is 3.35. The first-order valence-corrected chi connectivity index (χ1v) is 11.0. The monoisotopic (exact) mass is 461 g/mol. The number of rotatable bonds is 9. The van der Waals surface area contributed by atoms with Crippen LogP contribution in [0.25, 0.3) is 0 Å². The third-order valence-corrected chi connectivity index (χ3v) is 5.88. The summed E-state index contributed by atoms with van der Waals surface area (Å²) in [7, 11) is 0. The molecule has 1 aromatic carbocycles. The highest BCUT2D eigenvalue weighted by Gasteiger charge is 2.16. The lowest BCUT2D eigenvalue weighted by Gasteiger charge is -2.08. The molecule has 11 nitrogen and oxygen atoms in total. The summed E-state index contributed by atoms with van der Waals surface area (Å²) in [6, 6.07) is 5.48. The summed E-state index contributed by atoms with van der Waals surface area (Å²) in [4.78, 5) is 39.0. The van der Waals surface area contributed by atoms with Gasteiger partial charge < -0.3 is 15.2 Å². The molecule has 2 amide bonds. The predicted octanol–water partition coefficient (Wildman–Crippen LogP) is 2.63. The summed E-state index contributed by atoms with van der Waals surface area (Å²) in [6.07, 6.45) is 0. The molecule has 2 heterocycles. The van der Waals surface area contributed by atoms with Gasteiger partial charge in [0.05, 0.1) is 22.9 Å². The van der Waals surface area contributed by atoms with Crippen molar-refractivity contribution in [2.75, 3.05) is 11.1 Å². The van der Waals surface area contributed by atoms with E-state index in [9.17, 15) is 19.7 Å². The number of anilines is 1. The molecule has 0 unspecified atom stereocenters. The van der Waals surface area contributed by atoms with Crippen molar-refractivity contribution in [3.8, 4) is 0 Å². The van der Waals surface area contributed by atoms with Crippen LogP contribution in [0.4, 0.5) is 10.8 Å². The molecule has 0 aliphatic carbocycles. The summed E-state index contributed by atoms with van der Waals surface area (Å²) in [5, 5.41) is 27.4. The molecule has 2 N–H and O–H groups in total. The van der Waals surface area contributed by atoms with E-state index in [0.717, 1.165) is 5.69 Å². The maximum atomic E-state index is 12.3. The highest BCUT2D eigenvalue weighted by atomic mass is 32.2. The number of nitrogens with zero attached hydrogens (tertiary/aromatic N) is 5. The molecule has 0 fully saturated rings. The molecule has 0 aliphatic rings. The Kier molecular flexibility index (Phi) is 7.31. The van der Waals surface area contributed by atoms with Crippen molar-refractivity contribution in [3.05, 3.63) is 56.8 Å². The molecule has 0 radical (unpaired) electrons. The Morgan fingerprint density at radius 1 is 1.32 bits per heavy atom. The van der Waals surface area contributed by atoms with Gasteiger partial charge in [-0.15, -0.1) is 21.5 Å². The summed E-state index contributed by atoms with van der Waals surface area (Å²) in [5.74, 6) is -0.0106. The number of thioether (sulfide) groups is 1. The van der Waals surface area contributed by atoms with E-state index in [2.05, 4.69) is 25.8 Å². The lowest BCUT2D eigenvalue weighted by molar-refractivity contribution is -0.384. The summed E-state index contributed by atoms with van der Waals surface area (Å²) >= 11 is 2.59. The second-order valence-corrected chi connectivity index (χ2v) is 8.06. The molecule has 3 aromatic rings. The van der Waals surface area contributed by atoms with Gasteiger partial charge in [0.15, 0.2) is 16.1 Å². The SMILES string of the molecule is CCn1c(CNC(=O)c2cccc([N+](=O)[O-])c2)nnc1SCC(=O)Nc1nc(C)cs1. The van der Waals surface area contributed by atoms with Gasteiger partial charge in [-0.2, -0.15) is 0 Å². The van der Waals surface area contributed by atoms with Gasteiger partial charge in [0.25, 0.3) is 11.6 Å². The Morgan fingerprint density at radius 2 is 2.13 bits per heavy atom. The molecule has 2 aromatic heterocycles. The van der Waals surface area contributed by atoms with Crippen molar-refractivity contribution in [3.63, 3.8) is 0 Å². The lowest BCUT2D eigenvalue weighted by atomic mass is 10.2. The molecule has 31 heavy (non-hydrogen) atoms. The van der Waals surface area contributed by atoms with Crippen LogP contribution < -0.4 is 10.6 Å². The average molecular weight is 462 g/mol. The van der Waals surface area contributed by atoms with E-state index in [4.69, 9.17) is 0 Å². The molecule has 0 atom stereocenters. The first kappa shape index (κ1) is 22.4. The standard InChI is InChI=1S/C18H19N7O4S2/c1-3-24-14(8-19-16(27)12-5-4-6-13(7-12)25(28)29)22-23-18(24)31-10-15(26)21-17-20-11(2)9-30-17/h4-7,9H,3,8,10H2,1-2H3,(H,19,27)(H,20,21,26).